The number of aromatic amines is 1. The van der Waals surface area contributed by atoms with Crippen molar-refractivity contribution in [2.75, 3.05) is 18.5 Å². The van der Waals surface area contributed by atoms with Crippen LogP contribution in [0.5, 0.6) is 5.75 Å². The molecule has 2 rings (SSSR count). The molecule has 0 aliphatic heterocycles. The Hall–Kier alpha value is -2.01. The maximum Gasteiger partial charge on any atom is 0.271 e. The topological polar surface area (TPSA) is 67.0 Å². The first-order valence-electron chi connectivity index (χ1n) is 5.83. The number of nitrogens with one attached hydrogen (secondary N) is 2. The van der Waals surface area contributed by atoms with Crippen molar-refractivity contribution in [3.8, 4) is 5.75 Å². The zero-order chi connectivity index (χ0) is 13.7. The fourth-order valence-corrected chi connectivity index (χ4v) is 1.72. The summed E-state index contributed by atoms with van der Waals surface area (Å²) in [5, 5.41) is 3.00. The van der Waals surface area contributed by atoms with Crippen LogP contribution in [-0.4, -0.2) is 23.1 Å². The van der Waals surface area contributed by atoms with Crippen molar-refractivity contribution in [2.45, 2.75) is 6.92 Å². The number of nitrogens with zero attached hydrogens (tertiary/aromatic N) is 1. The molecule has 1 heterocycles. The van der Waals surface area contributed by atoms with Gasteiger partial charge in [0.05, 0.1) is 12.9 Å². The second-order valence-corrected chi connectivity index (χ2v) is 4.36. The lowest BCUT2D eigenvalue weighted by atomic mass is 10.2. The van der Waals surface area contributed by atoms with Crippen LogP contribution >= 0.6 is 11.6 Å². The summed E-state index contributed by atoms with van der Waals surface area (Å²) in [6.45, 7) is 2.96. The fourth-order valence-electron chi connectivity index (χ4n) is 1.55. The van der Waals surface area contributed by atoms with Crippen LogP contribution in [0.3, 0.4) is 0 Å². The SMILES string of the molecule is Cc1cccc(OCCNc2nc[nH]c(=O)c2Cl)c1. The highest BCUT2D eigenvalue weighted by Gasteiger charge is 2.04. The zero-order valence-electron chi connectivity index (χ0n) is 10.4. The molecule has 0 radical (unpaired) electrons. The van der Waals surface area contributed by atoms with Crippen molar-refractivity contribution < 1.29 is 4.74 Å². The monoisotopic (exact) mass is 279 g/mol. The average Bonchev–Trinajstić information content (AvgIpc) is 2.39. The molecule has 0 saturated carbocycles. The van der Waals surface area contributed by atoms with Crippen LogP contribution in [0.15, 0.2) is 35.4 Å². The third-order valence-corrected chi connectivity index (χ3v) is 2.80. The first kappa shape index (κ1) is 13.4. The van der Waals surface area contributed by atoms with Crippen LogP contribution in [0, 0.1) is 6.92 Å². The van der Waals surface area contributed by atoms with Crippen LogP contribution in [0.4, 0.5) is 5.82 Å². The Kier molecular flexibility index (Phi) is 4.41. The predicted molar refractivity (Wildman–Crippen MR) is 75.0 cm³/mol. The van der Waals surface area contributed by atoms with Gasteiger partial charge in [0.25, 0.3) is 5.56 Å². The summed E-state index contributed by atoms with van der Waals surface area (Å²) in [4.78, 5) is 17.6. The van der Waals surface area contributed by atoms with Crippen molar-refractivity contribution >= 4 is 17.4 Å². The number of ether oxygens (including phenoxy) is 1. The molecule has 0 bridgehead atoms. The molecule has 0 aliphatic carbocycles. The van der Waals surface area contributed by atoms with E-state index in [9.17, 15) is 4.79 Å². The fraction of sp³-hybridized carbons (Fsp3) is 0.231. The Morgan fingerprint density at radius 2 is 2.32 bits per heavy atom. The number of anilines is 1. The molecule has 0 aliphatic rings. The molecule has 100 valence electrons. The number of hydrogen-bond donors (Lipinski definition) is 2. The van der Waals surface area contributed by atoms with E-state index in [0.717, 1.165) is 11.3 Å². The molecule has 2 aromatic rings. The lowest BCUT2D eigenvalue weighted by Gasteiger charge is -2.08. The van der Waals surface area contributed by atoms with Crippen LogP contribution in [0.25, 0.3) is 0 Å². The molecule has 6 heteroatoms. The number of aryl methyl sites for hydroxylation is 1. The average molecular weight is 280 g/mol. The van der Waals surface area contributed by atoms with E-state index in [0.29, 0.717) is 19.0 Å². The number of H-pyrrole nitrogens is 1. The highest BCUT2D eigenvalue weighted by molar-refractivity contribution is 6.32. The van der Waals surface area contributed by atoms with Gasteiger partial charge in [-0.1, -0.05) is 23.7 Å². The Morgan fingerprint density at radius 3 is 3.11 bits per heavy atom. The maximum atomic E-state index is 11.2. The van der Waals surface area contributed by atoms with Gasteiger partial charge >= 0.3 is 0 Å². The smallest absolute Gasteiger partial charge is 0.271 e. The first-order chi connectivity index (χ1) is 9.16. The van der Waals surface area contributed by atoms with Gasteiger partial charge in [-0.05, 0) is 24.6 Å². The molecular weight excluding hydrogens is 266 g/mol. The van der Waals surface area contributed by atoms with Crippen molar-refractivity contribution in [1.29, 1.82) is 0 Å². The molecule has 0 saturated heterocycles. The van der Waals surface area contributed by atoms with E-state index in [1.807, 2.05) is 31.2 Å². The Balaban J connectivity index is 1.84. The van der Waals surface area contributed by atoms with Crippen LogP contribution < -0.4 is 15.6 Å². The number of hydrogen-bond acceptors (Lipinski definition) is 4. The summed E-state index contributed by atoms with van der Waals surface area (Å²) in [6, 6.07) is 7.79. The van der Waals surface area contributed by atoms with Crippen molar-refractivity contribution in [1.82, 2.24) is 9.97 Å². The van der Waals surface area contributed by atoms with Crippen LogP contribution in [0.1, 0.15) is 5.56 Å². The molecule has 1 aromatic heterocycles. The van der Waals surface area contributed by atoms with Gasteiger partial charge in [-0.3, -0.25) is 4.79 Å². The number of aromatic nitrogens is 2. The Morgan fingerprint density at radius 1 is 1.47 bits per heavy atom. The minimum Gasteiger partial charge on any atom is -0.492 e. The molecule has 19 heavy (non-hydrogen) atoms. The molecule has 0 fully saturated rings. The first-order valence-corrected chi connectivity index (χ1v) is 6.21. The minimum absolute atomic E-state index is 0.0538. The molecule has 2 N–H and O–H groups in total. The van der Waals surface area contributed by atoms with Gasteiger partial charge in [0.1, 0.15) is 17.4 Å². The molecule has 5 nitrogen and oxygen atoms in total. The summed E-state index contributed by atoms with van der Waals surface area (Å²) in [5.41, 5.74) is 0.781. The quantitative estimate of drug-likeness (QED) is 0.824. The van der Waals surface area contributed by atoms with Crippen LogP contribution in [0.2, 0.25) is 5.02 Å². The van der Waals surface area contributed by atoms with Gasteiger partial charge < -0.3 is 15.0 Å². The normalized spacial score (nSPS) is 10.2. The van der Waals surface area contributed by atoms with E-state index >= 15 is 0 Å². The summed E-state index contributed by atoms with van der Waals surface area (Å²) < 4.78 is 5.56. The van der Waals surface area contributed by atoms with Gasteiger partial charge in [-0.2, -0.15) is 0 Å². The maximum absolute atomic E-state index is 11.2. The van der Waals surface area contributed by atoms with Gasteiger partial charge in [-0.25, -0.2) is 4.98 Å². The third kappa shape index (κ3) is 3.72. The zero-order valence-corrected chi connectivity index (χ0v) is 11.2. The highest BCUT2D eigenvalue weighted by Crippen LogP contribution is 2.13. The van der Waals surface area contributed by atoms with Crippen molar-refractivity contribution in [3.63, 3.8) is 0 Å². The molecule has 0 spiro atoms. The molecule has 1 aromatic carbocycles. The highest BCUT2D eigenvalue weighted by atomic mass is 35.5. The van der Waals surface area contributed by atoms with Crippen molar-refractivity contribution in [2.24, 2.45) is 0 Å². The number of halogens is 1. The standard InChI is InChI=1S/C13H14ClN3O2/c1-9-3-2-4-10(7-9)19-6-5-15-12-11(14)13(18)17-8-16-12/h2-4,7-8H,5-6H2,1H3,(H2,15,16,17,18). The lowest BCUT2D eigenvalue weighted by molar-refractivity contribution is 0.332. The van der Waals surface area contributed by atoms with E-state index in [2.05, 4.69) is 15.3 Å². The van der Waals surface area contributed by atoms with Crippen molar-refractivity contribution in [3.05, 3.63) is 51.5 Å². The van der Waals surface area contributed by atoms with E-state index in [1.165, 1.54) is 6.33 Å². The number of benzene rings is 1. The number of rotatable bonds is 5. The van der Waals surface area contributed by atoms with E-state index in [1.54, 1.807) is 0 Å². The largest absolute Gasteiger partial charge is 0.492 e. The molecule has 0 unspecified atom stereocenters. The van der Waals surface area contributed by atoms with Gasteiger partial charge in [0, 0.05) is 0 Å². The Bertz CT molecular complexity index is 613. The lowest BCUT2D eigenvalue weighted by Crippen LogP contribution is -2.16. The Labute approximate surface area is 115 Å². The summed E-state index contributed by atoms with van der Waals surface area (Å²) in [5.74, 6) is 1.17. The summed E-state index contributed by atoms with van der Waals surface area (Å²) in [7, 11) is 0. The summed E-state index contributed by atoms with van der Waals surface area (Å²) in [6.07, 6.45) is 1.30. The van der Waals surface area contributed by atoms with Gasteiger partial charge in [-0.15, -0.1) is 0 Å². The predicted octanol–water partition coefficient (Wildman–Crippen LogP) is 2.22. The second kappa shape index (κ2) is 6.24. The van der Waals surface area contributed by atoms with Crippen LogP contribution in [-0.2, 0) is 0 Å². The molecular formula is C13H14ClN3O2. The second-order valence-electron chi connectivity index (χ2n) is 3.99. The molecule has 0 amide bonds. The van der Waals surface area contributed by atoms with E-state index < -0.39 is 0 Å². The van der Waals surface area contributed by atoms with E-state index in [4.69, 9.17) is 16.3 Å². The summed E-state index contributed by atoms with van der Waals surface area (Å²) >= 11 is 5.80. The minimum atomic E-state index is -0.362. The molecule has 0 atom stereocenters. The van der Waals surface area contributed by atoms with Gasteiger partial charge in [0.15, 0.2) is 5.82 Å². The third-order valence-electron chi connectivity index (χ3n) is 2.45. The van der Waals surface area contributed by atoms with E-state index in [-0.39, 0.29) is 10.6 Å². The van der Waals surface area contributed by atoms with Gasteiger partial charge in [0.2, 0.25) is 0 Å².